The van der Waals surface area contributed by atoms with Crippen LogP contribution in [0.2, 0.25) is 0 Å². The van der Waals surface area contributed by atoms with Crippen molar-refractivity contribution in [1.82, 2.24) is 0 Å². The number of hydrogen-bond acceptors (Lipinski definition) is 3. The number of carboxylic acids is 1. The molecule has 4 nitrogen and oxygen atoms in total. The van der Waals surface area contributed by atoms with Crippen LogP contribution in [0.25, 0.3) is 0 Å². The van der Waals surface area contributed by atoms with Crippen LogP contribution >= 0.6 is 0 Å². The number of carbonyl (C=O) groups is 1. The van der Waals surface area contributed by atoms with Crippen molar-refractivity contribution in [3.05, 3.63) is 70.3 Å². The van der Waals surface area contributed by atoms with Crippen LogP contribution in [0.15, 0.2) is 42.5 Å². The number of hydrogen-bond donors (Lipinski definition) is 1. The minimum atomic E-state index is -0.931. The van der Waals surface area contributed by atoms with E-state index in [1.165, 1.54) is 11.1 Å². The summed E-state index contributed by atoms with van der Waals surface area (Å²) >= 11 is 0. The summed E-state index contributed by atoms with van der Waals surface area (Å²) in [4.78, 5) is 11.0. The molecule has 4 heteroatoms. The number of rotatable bonds is 3. The van der Waals surface area contributed by atoms with Gasteiger partial charge in [0.15, 0.2) is 6.29 Å². The molecule has 0 radical (unpaired) electrons. The zero-order valence-corrected chi connectivity index (χ0v) is 17.6. The average molecular weight is 405 g/mol. The lowest BCUT2D eigenvalue weighted by molar-refractivity contribution is -0.193. The molecule has 1 heterocycles. The molecule has 0 amide bonds. The molecule has 4 rings (SSSR count). The van der Waals surface area contributed by atoms with E-state index in [4.69, 9.17) is 14.6 Å². The fraction of sp³-hybridized carbons (Fsp3) is 0.423. The molecule has 1 aliphatic carbocycles. The first-order valence-electron chi connectivity index (χ1n) is 10.7. The maximum absolute atomic E-state index is 11.0. The summed E-state index contributed by atoms with van der Waals surface area (Å²) in [7, 11) is 0. The minimum absolute atomic E-state index is 0.0349. The summed E-state index contributed by atoms with van der Waals surface area (Å²) in [6.45, 7) is 5.35. The quantitative estimate of drug-likeness (QED) is 0.692. The molecule has 30 heavy (non-hydrogen) atoms. The van der Waals surface area contributed by atoms with E-state index in [2.05, 4.69) is 43.9 Å². The van der Waals surface area contributed by atoms with Crippen molar-refractivity contribution in [2.45, 2.75) is 63.8 Å². The van der Waals surface area contributed by atoms with Gasteiger partial charge in [-0.3, -0.25) is 0 Å². The van der Waals surface area contributed by atoms with E-state index in [9.17, 15) is 4.79 Å². The Labute approximate surface area is 178 Å². The van der Waals surface area contributed by atoms with Crippen LogP contribution in [0.3, 0.4) is 0 Å². The molecule has 2 aromatic carbocycles. The molecular weight excluding hydrogens is 376 g/mol. The highest BCUT2D eigenvalue weighted by molar-refractivity contribution is 5.87. The van der Waals surface area contributed by atoms with E-state index < -0.39 is 5.97 Å². The smallest absolute Gasteiger partial charge is 0.335 e. The van der Waals surface area contributed by atoms with Crippen molar-refractivity contribution < 1.29 is 19.4 Å². The van der Waals surface area contributed by atoms with Crippen LogP contribution in [-0.2, 0) is 14.9 Å². The van der Waals surface area contributed by atoms with Gasteiger partial charge in [-0.1, -0.05) is 31.8 Å². The molecule has 156 valence electrons. The lowest BCUT2D eigenvalue weighted by atomic mass is 9.71. The maximum atomic E-state index is 11.0. The highest BCUT2D eigenvalue weighted by Crippen LogP contribution is 2.44. The molecular formula is C26H28O4. The van der Waals surface area contributed by atoms with Crippen molar-refractivity contribution in [1.29, 1.82) is 0 Å². The van der Waals surface area contributed by atoms with Gasteiger partial charge in [-0.25, -0.2) is 4.79 Å². The van der Waals surface area contributed by atoms with Crippen LogP contribution < -0.4 is 0 Å². The number of aromatic carboxylic acids is 1. The first kappa shape index (κ1) is 20.7. The Morgan fingerprint density at radius 3 is 2.50 bits per heavy atom. The van der Waals surface area contributed by atoms with E-state index in [0.29, 0.717) is 0 Å². The summed E-state index contributed by atoms with van der Waals surface area (Å²) in [5.74, 6) is 5.44. The third kappa shape index (κ3) is 4.59. The summed E-state index contributed by atoms with van der Waals surface area (Å²) < 4.78 is 12.2. The Kier molecular flexibility index (Phi) is 5.94. The van der Waals surface area contributed by atoms with Gasteiger partial charge in [-0.15, -0.1) is 0 Å². The van der Waals surface area contributed by atoms with Crippen LogP contribution in [0.5, 0.6) is 0 Å². The Hall–Kier alpha value is -2.61. The SMILES string of the molecule is CC1(C)CCC(OC2CCCCO2)c2cc(C#Cc3ccc(C(=O)O)cc3)ccc21. The van der Waals surface area contributed by atoms with Gasteiger partial charge in [0, 0.05) is 17.7 Å². The van der Waals surface area contributed by atoms with Gasteiger partial charge in [0.05, 0.1) is 11.7 Å². The minimum Gasteiger partial charge on any atom is -0.478 e. The van der Waals surface area contributed by atoms with E-state index in [1.807, 2.05) is 0 Å². The fourth-order valence-electron chi connectivity index (χ4n) is 4.29. The highest BCUT2D eigenvalue weighted by Gasteiger charge is 2.34. The van der Waals surface area contributed by atoms with E-state index >= 15 is 0 Å². The van der Waals surface area contributed by atoms with Gasteiger partial charge in [-0.05, 0) is 85.0 Å². The van der Waals surface area contributed by atoms with Crippen molar-refractivity contribution in [3.8, 4) is 11.8 Å². The second-order valence-electron chi connectivity index (χ2n) is 8.78. The lowest BCUT2D eigenvalue weighted by Gasteiger charge is -2.38. The summed E-state index contributed by atoms with van der Waals surface area (Å²) in [5.41, 5.74) is 4.65. The van der Waals surface area contributed by atoms with Gasteiger partial charge in [0.1, 0.15) is 0 Å². The zero-order valence-electron chi connectivity index (χ0n) is 17.6. The molecule has 1 N–H and O–H groups in total. The normalized spacial score (nSPS) is 22.5. The number of fused-ring (bicyclic) bond motifs is 1. The molecule has 0 aromatic heterocycles. The summed E-state index contributed by atoms with van der Waals surface area (Å²) in [6, 6.07) is 13.0. The molecule has 2 unspecified atom stereocenters. The van der Waals surface area contributed by atoms with E-state index in [0.717, 1.165) is 49.8 Å². The Morgan fingerprint density at radius 2 is 1.80 bits per heavy atom. The van der Waals surface area contributed by atoms with Crippen molar-refractivity contribution in [2.24, 2.45) is 0 Å². The number of ether oxygens (including phenoxy) is 2. The third-order valence-corrected chi connectivity index (χ3v) is 6.10. The molecule has 2 aromatic rings. The first-order chi connectivity index (χ1) is 14.4. The monoisotopic (exact) mass is 404 g/mol. The second-order valence-corrected chi connectivity index (χ2v) is 8.78. The van der Waals surface area contributed by atoms with Crippen LogP contribution in [0, 0.1) is 11.8 Å². The molecule has 1 fully saturated rings. The van der Waals surface area contributed by atoms with Crippen molar-refractivity contribution in [2.75, 3.05) is 6.61 Å². The van der Waals surface area contributed by atoms with Gasteiger partial charge < -0.3 is 14.6 Å². The zero-order chi connectivity index (χ0) is 21.1. The van der Waals surface area contributed by atoms with Crippen molar-refractivity contribution >= 4 is 5.97 Å². The highest BCUT2D eigenvalue weighted by atomic mass is 16.7. The lowest BCUT2D eigenvalue weighted by Crippen LogP contribution is -2.31. The first-order valence-corrected chi connectivity index (χ1v) is 10.7. The van der Waals surface area contributed by atoms with Crippen LogP contribution in [0.1, 0.15) is 84.7 Å². The Bertz CT molecular complexity index is 972. The Morgan fingerprint density at radius 1 is 1.07 bits per heavy atom. The van der Waals surface area contributed by atoms with E-state index in [-0.39, 0.29) is 23.4 Å². The molecule has 2 atom stereocenters. The largest absolute Gasteiger partial charge is 0.478 e. The summed E-state index contributed by atoms with van der Waals surface area (Å²) in [6.07, 6.45) is 5.21. The topological polar surface area (TPSA) is 55.8 Å². The van der Waals surface area contributed by atoms with Crippen LogP contribution in [-0.4, -0.2) is 24.0 Å². The predicted molar refractivity (Wildman–Crippen MR) is 116 cm³/mol. The molecule has 2 aliphatic rings. The molecule has 1 saturated heterocycles. The van der Waals surface area contributed by atoms with Gasteiger partial charge in [0.2, 0.25) is 0 Å². The third-order valence-electron chi connectivity index (χ3n) is 6.10. The second kappa shape index (κ2) is 8.63. The molecule has 0 spiro atoms. The molecule has 1 aliphatic heterocycles. The number of carboxylic acid groups (broad SMARTS) is 1. The van der Waals surface area contributed by atoms with Crippen molar-refractivity contribution in [3.63, 3.8) is 0 Å². The predicted octanol–water partition coefficient (Wildman–Crippen LogP) is 5.44. The maximum Gasteiger partial charge on any atom is 0.335 e. The number of benzene rings is 2. The Balaban J connectivity index is 1.59. The van der Waals surface area contributed by atoms with Gasteiger partial charge in [0.25, 0.3) is 0 Å². The standard InChI is InChI=1S/C26H28O4/c1-26(2)15-14-23(30-24-5-3-4-16-29-24)21-17-19(10-13-22(21)26)7-6-18-8-11-20(12-9-18)25(27)28/h8-13,17,23-24H,3-5,14-16H2,1-2H3,(H,27,28). The average Bonchev–Trinajstić information content (AvgIpc) is 2.75. The van der Waals surface area contributed by atoms with Gasteiger partial charge in [-0.2, -0.15) is 0 Å². The van der Waals surface area contributed by atoms with Crippen LogP contribution in [0.4, 0.5) is 0 Å². The summed E-state index contributed by atoms with van der Waals surface area (Å²) in [5, 5.41) is 9.02. The van der Waals surface area contributed by atoms with Gasteiger partial charge >= 0.3 is 5.97 Å². The molecule has 0 saturated carbocycles. The van der Waals surface area contributed by atoms with E-state index in [1.54, 1.807) is 24.3 Å². The fourth-order valence-corrected chi connectivity index (χ4v) is 4.29. The molecule has 0 bridgehead atoms.